The van der Waals surface area contributed by atoms with Gasteiger partial charge < -0.3 is 5.11 Å². The van der Waals surface area contributed by atoms with Gasteiger partial charge in [-0.1, -0.05) is 15.7 Å². The largest absolute Gasteiger partial charge is 0.478 e. The van der Waals surface area contributed by atoms with E-state index in [0.29, 0.717) is 23.8 Å². The first-order valence-electron chi connectivity index (χ1n) is 5.75. The van der Waals surface area contributed by atoms with Crippen LogP contribution in [0.3, 0.4) is 0 Å². The van der Waals surface area contributed by atoms with Crippen molar-refractivity contribution in [2.24, 2.45) is 0 Å². The van der Waals surface area contributed by atoms with Crippen LogP contribution in [0.25, 0.3) is 0 Å². The summed E-state index contributed by atoms with van der Waals surface area (Å²) in [6.45, 7) is 0.496. The van der Waals surface area contributed by atoms with E-state index >= 15 is 0 Å². The zero-order chi connectivity index (χ0) is 14.1. The van der Waals surface area contributed by atoms with E-state index in [1.54, 1.807) is 6.07 Å². The highest BCUT2D eigenvalue weighted by Gasteiger charge is 2.26. The number of fused-ring (bicyclic) bond motifs is 1. The normalized spacial score (nSPS) is 13.1. The molecule has 0 atom stereocenters. The predicted octanol–water partition coefficient (Wildman–Crippen LogP) is 1.23. The van der Waals surface area contributed by atoms with Crippen LogP contribution in [0.5, 0.6) is 0 Å². The van der Waals surface area contributed by atoms with Crippen molar-refractivity contribution in [3.8, 4) is 0 Å². The highest BCUT2D eigenvalue weighted by atomic mass is 32.1. The van der Waals surface area contributed by atoms with Crippen molar-refractivity contribution in [3.63, 3.8) is 0 Å². The van der Waals surface area contributed by atoms with Gasteiger partial charge in [-0.15, -0.1) is 0 Å². The molecule has 0 bridgehead atoms. The summed E-state index contributed by atoms with van der Waals surface area (Å²) in [5.74, 6) is -1.02. The van der Waals surface area contributed by atoms with E-state index in [1.165, 1.54) is 17.0 Å². The Labute approximate surface area is 117 Å². The van der Waals surface area contributed by atoms with Gasteiger partial charge in [0.05, 0.1) is 5.56 Å². The zero-order valence-electron chi connectivity index (χ0n) is 10.1. The Kier molecular flexibility index (Phi) is 3.03. The summed E-state index contributed by atoms with van der Waals surface area (Å²) in [5.41, 5.74) is 1.71. The summed E-state index contributed by atoms with van der Waals surface area (Å²) in [6, 6.07) is 4.41. The Morgan fingerprint density at radius 1 is 1.40 bits per heavy atom. The number of carboxylic acid groups (broad SMARTS) is 1. The van der Waals surface area contributed by atoms with Crippen LogP contribution >= 0.6 is 11.5 Å². The SMILES string of the molecule is O=C(O)c1ccc2c(c1)N(C(=O)Nc1nnns1)CC2. The number of hydrogen-bond donors (Lipinski definition) is 2. The smallest absolute Gasteiger partial charge is 0.335 e. The summed E-state index contributed by atoms with van der Waals surface area (Å²) in [5, 5.41) is 18.9. The lowest BCUT2D eigenvalue weighted by Gasteiger charge is -2.17. The summed E-state index contributed by atoms with van der Waals surface area (Å²) < 4.78 is 3.55. The Hall–Kier alpha value is -2.55. The molecule has 9 heteroatoms. The number of aromatic carboxylic acids is 1. The van der Waals surface area contributed by atoms with Gasteiger partial charge in [0.2, 0.25) is 5.13 Å². The quantitative estimate of drug-likeness (QED) is 0.861. The maximum atomic E-state index is 12.1. The fourth-order valence-corrected chi connectivity index (χ4v) is 2.42. The molecule has 2 amide bonds. The molecule has 2 N–H and O–H groups in total. The number of carboxylic acids is 1. The molecular weight excluding hydrogens is 282 g/mol. The van der Waals surface area contributed by atoms with Gasteiger partial charge in [0, 0.05) is 23.8 Å². The first-order chi connectivity index (χ1) is 9.65. The molecule has 0 aliphatic carbocycles. The molecule has 0 radical (unpaired) electrons. The number of anilines is 2. The van der Waals surface area contributed by atoms with Crippen molar-refractivity contribution < 1.29 is 14.7 Å². The maximum absolute atomic E-state index is 12.1. The second kappa shape index (κ2) is 4.85. The molecule has 1 aromatic heterocycles. The van der Waals surface area contributed by atoms with Gasteiger partial charge in [-0.25, -0.2) is 9.59 Å². The van der Waals surface area contributed by atoms with E-state index in [0.717, 1.165) is 17.1 Å². The number of nitrogens with one attached hydrogen (secondary N) is 1. The molecule has 0 spiro atoms. The van der Waals surface area contributed by atoms with Crippen molar-refractivity contribution in [2.75, 3.05) is 16.8 Å². The molecule has 2 heterocycles. The molecular formula is C11H9N5O3S. The zero-order valence-corrected chi connectivity index (χ0v) is 10.9. The van der Waals surface area contributed by atoms with E-state index in [1.807, 2.05) is 0 Å². The molecule has 102 valence electrons. The van der Waals surface area contributed by atoms with E-state index in [4.69, 9.17) is 5.11 Å². The van der Waals surface area contributed by atoms with Gasteiger partial charge in [0.15, 0.2) is 0 Å². The van der Waals surface area contributed by atoms with Crippen LogP contribution in [0.15, 0.2) is 18.2 Å². The molecule has 0 unspecified atom stereocenters. The Balaban J connectivity index is 1.86. The number of aromatic nitrogens is 3. The van der Waals surface area contributed by atoms with Crippen molar-refractivity contribution in [1.82, 2.24) is 14.8 Å². The number of carbonyl (C=O) groups is 2. The molecule has 1 aromatic carbocycles. The third-order valence-electron chi connectivity index (χ3n) is 2.99. The monoisotopic (exact) mass is 291 g/mol. The minimum atomic E-state index is -1.02. The lowest BCUT2D eigenvalue weighted by molar-refractivity contribution is 0.0697. The predicted molar refractivity (Wildman–Crippen MR) is 71.2 cm³/mol. The lowest BCUT2D eigenvalue weighted by atomic mass is 10.1. The second-order valence-electron chi connectivity index (χ2n) is 4.15. The van der Waals surface area contributed by atoms with Gasteiger partial charge in [-0.2, -0.15) is 0 Å². The second-order valence-corrected chi connectivity index (χ2v) is 4.88. The minimum Gasteiger partial charge on any atom is -0.478 e. The minimum absolute atomic E-state index is 0.154. The van der Waals surface area contributed by atoms with E-state index in [2.05, 4.69) is 20.1 Å². The Morgan fingerprint density at radius 3 is 2.95 bits per heavy atom. The fraction of sp³-hybridized carbons (Fsp3) is 0.182. The number of urea groups is 1. The summed E-state index contributed by atoms with van der Waals surface area (Å²) >= 11 is 0.974. The molecule has 1 aliphatic rings. The third kappa shape index (κ3) is 2.18. The fourth-order valence-electron chi connectivity index (χ4n) is 2.06. The van der Waals surface area contributed by atoms with Crippen LogP contribution in [-0.2, 0) is 6.42 Å². The van der Waals surface area contributed by atoms with Gasteiger partial charge in [-0.05, 0) is 29.3 Å². The molecule has 0 fully saturated rings. The molecule has 3 rings (SSSR count). The van der Waals surface area contributed by atoms with Gasteiger partial charge in [0.1, 0.15) is 0 Å². The van der Waals surface area contributed by atoms with Crippen LogP contribution in [0.4, 0.5) is 15.6 Å². The molecule has 0 saturated heterocycles. The van der Waals surface area contributed by atoms with E-state index in [9.17, 15) is 9.59 Å². The molecule has 20 heavy (non-hydrogen) atoms. The Morgan fingerprint density at radius 2 is 2.25 bits per heavy atom. The van der Waals surface area contributed by atoms with E-state index in [-0.39, 0.29) is 11.6 Å². The molecule has 1 aliphatic heterocycles. The summed E-state index contributed by atoms with van der Waals surface area (Å²) in [6.07, 6.45) is 0.691. The molecule has 2 aromatic rings. The van der Waals surface area contributed by atoms with Crippen molar-refractivity contribution in [1.29, 1.82) is 0 Å². The number of benzene rings is 1. The number of amides is 2. The van der Waals surface area contributed by atoms with E-state index < -0.39 is 5.97 Å². The van der Waals surface area contributed by atoms with Crippen LogP contribution < -0.4 is 10.2 Å². The highest BCUT2D eigenvalue weighted by Crippen LogP contribution is 2.29. The first kappa shape index (κ1) is 12.5. The topological polar surface area (TPSA) is 108 Å². The standard InChI is InChI=1S/C11H9N5O3S/c17-9(18)7-2-1-6-3-4-16(8(6)5-7)11(19)12-10-13-14-15-20-10/h1-2,5H,3-4H2,(H,17,18)(H,12,13,15,19). The van der Waals surface area contributed by atoms with Crippen molar-refractivity contribution >= 4 is 34.4 Å². The number of carbonyl (C=O) groups excluding carboxylic acids is 1. The van der Waals surface area contributed by atoms with Gasteiger partial charge in [0.25, 0.3) is 0 Å². The van der Waals surface area contributed by atoms with Crippen LogP contribution in [0, 0.1) is 0 Å². The summed E-state index contributed by atoms with van der Waals surface area (Å²) in [4.78, 5) is 24.6. The van der Waals surface area contributed by atoms with Crippen LogP contribution in [0.2, 0.25) is 0 Å². The van der Waals surface area contributed by atoms with Gasteiger partial charge in [-0.3, -0.25) is 10.2 Å². The number of rotatable bonds is 2. The van der Waals surface area contributed by atoms with Crippen molar-refractivity contribution in [3.05, 3.63) is 29.3 Å². The van der Waals surface area contributed by atoms with Crippen LogP contribution in [-0.4, -0.2) is 38.5 Å². The first-order valence-corrected chi connectivity index (χ1v) is 6.52. The lowest BCUT2D eigenvalue weighted by Crippen LogP contribution is -2.33. The Bertz CT molecular complexity index is 673. The highest BCUT2D eigenvalue weighted by molar-refractivity contribution is 7.09. The number of hydrogen-bond acceptors (Lipinski definition) is 6. The molecule has 0 saturated carbocycles. The maximum Gasteiger partial charge on any atom is 0.335 e. The summed E-state index contributed by atoms with van der Waals surface area (Å²) in [7, 11) is 0. The van der Waals surface area contributed by atoms with Crippen molar-refractivity contribution in [2.45, 2.75) is 6.42 Å². The average molecular weight is 291 g/mol. The third-order valence-corrected chi connectivity index (χ3v) is 3.50. The number of nitrogens with zero attached hydrogens (tertiary/aromatic N) is 4. The van der Waals surface area contributed by atoms with Crippen LogP contribution in [0.1, 0.15) is 15.9 Å². The average Bonchev–Trinajstić information content (AvgIpc) is 3.06. The van der Waals surface area contributed by atoms with Gasteiger partial charge >= 0.3 is 12.0 Å². The molecule has 8 nitrogen and oxygen atoms in total.